The lowest BCUT2D eigenvalue weighted by atomic mass is 10.2. The van der Waals surface area contributed by atoms with Gasteiger partial charge in [0.15, 0.2) is 0 Å². The molecule has 0 radical (unpaired) electrons. The maximum atomic E-state index is 10.6. The van der Waals surface area contributed by atoms with E-state index in [9.17, 15) is 9.90 Å². The van der Waals surface area contributed by atoms with E-state index in [1.165, 1.54) is 12.1 Å². The molecule has 0 aromatic heterocycles. The molecule has 2 rings (SSSR count). The van der Waals surface area contributed by atoms with Gasteiger partial charge >= 0.3 is 0 Å². The van der Waals surface area contributed by atoms with Crippen LogP contribution in [0.5, 0.6) is 5.75 Å². The van der Waals surface area contributed by atoms with Gasteiger partial charge in [0.05, 0.1) is 15.6 Å². The summed E-state index contributed by atoms with van der Waals surface area (Å²) in [5, 5.41) is 17.0. The van der Waals surface area contributed by atoms with E-state index in [4.69, 9.17) is 45.9 Å². The molecule has 0 aliphatic heterocycles. The van der Waals surface area contributed by atoms with Crippen LogP contribution in [0.4, 0.5) is 0 Å². The Balaban J connectivity index is 0.000000211. The Hall–Kier alpha value is -1.75. The molecule has 0 unspecified atom stereocenters. The van der Waals surface area contributed by atoms with Crippen LogP contribution >= 0.6 is 34.8 Å². The molecule has 0 atom stereocenters. The van der Waals surface area contributed by atoms with Crippen molar-refractivity contribution >= 4 is 46.9 Å². The van der Waals surface area contributed by atoms with E-state index in [0.717, 1.165) is 6.21 Å². The average Bonchev–Trinajstić information content (AvgIpc) is 2.43. The maximum absolute atomic E-state index is 10.6. The number of rotatable bonds is 2. The molecular formula is C14H11Cl3N2O2. The second kappa shape index (κ2) is 7.88. The third-order valence-electron chi connectivity index (χ3n) is 2.35. The van der Waals surface area contributed by atoms with E-state index < -0.39 is 5.91 Å². The van der Waals surface area contributed by atoms with Crippen LogP contribution in [0.15, 0.2) is 36.4 Å². The third-order valence-corrected chi connectivity index (χ3v) is 3.19. The predicted octanol–water partition coefficient (Wildman–Crippen LogP) is 4.14. The molecular weight excluding hydrogens is 335 g/mol. The molecule has 7 heteroatoms. The number of phenolic OH excluding ortho intramolecular Hbond substituents is 1. The summed E-state index contributed by atoms with van der Waals surface area (Å²) in [5.74, 6) is -0.600. The number of phenols is 1. The van der Waals surface area contributed by atoms with Gasteiger partial charge in [-0.2, -0.15) is 0 Å². The smallest absolute Gasteiger partial charge is 0.250 e. The van der Waals surface area contributed by atoms with Crippen molar-refractivity contribution in [3.63, 3.8) is 0 Å². The second-order valence-electron chi connectivity index (χ2n) is 3.81. The number of carbonyl (C=O) groups is 1. The number of aromatic hydroxyl groups is 1. The summed E-state index contributed by atoms with van der Waals surface area (Å²) >= 11 is 16.8. The average molecular weight is 346 g/mol. The number of hydrogen-bond acceptors (Lipinski definition) is 3. The van der Waals surface area contributed by atoms with E-state index in [0.29, 0.717) is 21.2 Å². The first-order valence-electron chi connectivity index (χ1n) is 5.59. The summed E-state index contributed by atoms with van der Waals surface area (Å²) in [4.78, 5) is 10.6. The van der Waals surface area contributed by atoms with Crippen LogP contribution in [0, 0.1) is 5.41 Å². The minimum atomic E-state index is -0.495. The van der Waals surface area contributed by atoms with Crippen molar-refractivity contribution < 1.29 is 9.90 Å². The minimum absolute atomic E-state index is 0.105. The van der Waals surface area contributed by atoms with E-state index in [1.807, 2.05) is 0 Å². The lowest BCUT2D eigenvalue weighted by Gasteiger charge is -2.00. The second-order valence-corrected chi connectivity index (χ2v) is 5.06. The summed E-state index contributed by atoms with van der Waals surface area (Å²) in [6.45, 7) is 0. The highest BCUT2D eigenvalue weighted by molar-refractivity contribution is 6.36. The van der Waals surface area contributed by atoms with Crippen molar-refractivity contribution in [1.29, 1.82) is 5.41 Å². The molecule has 110 valence electrons. The molecule has 0 aliphatic carbocycles. The number of hydrogen-bond donors (Lipinski definition) is 3. The molecule has 0 saturated carbocycles. The van der Waals surface area contributed by atoms with Crippen LogP contribution in [0.2, 0.25) is 15.1 Å². The first-order chi connectivity index (χ1) is 9.86. The van der Waals surface area contributed by atoms with Gasteiger partial charge in [0.25, 0.3) is 0 Å². The SMILES string of the molecule is N=Cc1cc(Cl)cc(Cl)c1O.NC(=O)c1ccccc1Cl. The Morgan fingerprint density at radius 2 is 1.76 bits per heavy atom. The molecule has 0 aliphatic rings. The van der Waals surface area contributed by atoms with Crippen molar-refractivity contribution in [2.75, 3.05) is 0 Å². The van der Waals surface area contributed by atoms with Gasteiger partial charge in [0, 0.05) is 16.8 Å². The quantitative estimate of drug-likeness (QED) is 0.714. The van der Waals surface area contributed by atoms with Crippen LogP contribution in [-0.4, -0.2) is 17.2 Å². The summed E-state index contributed by atoms with van der Waals surface area (Å²) in [5.41, 5.74) is 5.68. The molecule has 0 spiro atoms. The number of halogens is 3. The summed E-state index contributed by atoms with van der Waals surface area (Å²) in [6.07, 6.45) is 0.993. The van der Waals surface area contributed by atoms with Gasteiger partial charge < -0.3 is 16.2 Å². The standard InChI is InChI=1S/C7H5Cl2NO.C7H6ClNO/c8-5-1-4(3-10)7(11)6(9)2-5;8-6-4-2-1-3-5(6)7(9)10/h1-3,10-11H;1-4H,(H2,9,10). The van der Waals surface area contributed by atoms with Crippen molar-refractivity contribution in [1.82, 2.24) is 0 Å². The number of carbonyl (C=O) groups excluding carboxylic acids is 1. The Morgan fingerprint density at radius 1 is 1.14 bits per heavy atom. The highest BCUT2D eigenvalue weighted by Crippen LogP contribution is 2.29. The lowest BCUT2D eigenvalue weighted by Crippen LogP contribution is -2.10. The van der Waals surface area contributed by atoms with Crippen LogP contribution in [0.1, 0.15) is 15.9 Å². The zero-order chi connectivity index (χ0) is 16.0. The fraction of sp³-hybridized carbons (Fsp3) is 0. The van der Waals surface area contributed by atoms with Crippen molar-refractivity contribution in [3.8, 4) is 5.75 Å². The molecule has 0 bridgehead atoms. The number of amides is 1. The molecule has 2 aromatic rings. The molecule has 4 N–H and O–H groups in total. The minimum Gasteiger partial charge on any atom is -0.506 e. The van der Waals surface area contributed by atoms with Gasteiger partial charge in [-0.05, 0) is 24.3 Å². The third kappa shape index (κ3) is 4.93. The Morgan fingerprint density at radius 3 is 2.24 bits per heavy atom. The Kier molecular flexibility index (Phi) is 6.49. The van der Waals surface area contributed by atoms with Crippen LogP contribution in [0.25, 0.3) is 0 Å². The van der Waals surface area contributed by atoms with Gasteiger partial charge in [0.2, 0.25) is 5.91 Å². The first kappa shape index (κ1) is 17.3. The van der Waals surface area contributed by atoms with Crippen molar-refractivity contribution in [3.05, 3.63) is 62.6 Å². The van der Waals surface area contributed by atoms with E-state index in [2.05, 4.69) is 0 Å². The number of nitrogens with one attached hydrogen (secondary N) is 1. The van der Waals surface area contributed by atoms with Crippen molar-refractivity contribution in [2.24, 2.45) is 5.73 Å². The van der Waals surface area contributed by atoms with Crippen molar-refractivity contribution in [2.45, 2.75) is 0 Å². The maximum Gasteiger partial charge on any atom is 0.250 e. The van der Waals surface area contributed by atoms with Gasteiger partial charge in [0.1, 0.15) is 5.75 Å². The van der Waals surface area contributed by atoms with Gasteiger partial charge in [-0.3, -0.25) is 4.79 Å². The fourth-order valence-electron chi connectivity index (χ4n) is 1.36. The molecule has 2 aromatic carbocycles. The molecule has 0 heterocycles. The van der Waals surface area contributed by atoms with Gasteiger partial charge in [-0.1, -0.05) is 46.9 Å². The molecule has 0 saturated heterocycles. The Bertz CT molecular complexity index is 675. The normalized spacial score (nSPS) is 9.48. The Labute approximate surface area is 136 Å². The van der Waals surface area contributed by atoms with Gasteiger partial charge in [-0.15, -0.1) is 0 Å². The summed E-state index contributed by atoms with van der Waals surface area (Å²) < 4.78 is 0. The zero-order valence-corrected chi connectivity index (χ0v) is 12.9. The summed E-state index contributed by atoms with van der Waals surface area (Å²) in [6, 6.07) is 9.56. The number of benzene rings is 2. The molecule has 4 nitrogen and oxygen atoms in total. The highest BCUT2D eigenvalue weighted by Gasteiger charge is 2.04. The molecule has 0 fully saturated rings. The monoisotopic (exact) mass is 344 g/mol. The van der Waals surface area contributed by atoms with Crippen LogP contribution < -0.4 is 5.73 Å². The lowest BCUT2D eigenvalue weighted by molar-refractivity contribution is 0.100. The topological polar surface area (TPSA) is 87.2 Å². The number of nitrogens with two attached hydrogens (primary N) is 1. The van der Waals surface area contributed by atoms with E-state index in [1.54, 1.807) is 24.3 Å². The first-order valence-corrected chi connectivity index (χ1v) is 6.73. The van der Waals surface area contributed by atoms with E-state index in [-0.39, 0.29) is 10.8 Å². The predicted molar refractivity (Wildman–Crippen MR) is 86.0 cm³/mol. The largest absolute Gasteiger partial charge is 0.506 e. The summed E-state index contributed by atoms with van der Waals surface area (Å²) in [7, 11) is 0. The van der Waals surface area contributed by atoms with Crippen LogP contribution in [0.3, 0.4) is 0 Å². The molecule has 1 amide bonds. The number of primary amides is 1. The molecule has 21 heavy (non-hydrogen) atoms. The fourth-order valence-corrected chi connectivity index (χ4v) is 2.09. The highest BCUT2D eigenvalue weighted by atomic mass is 35.5. The van der Waals surface area contributed by atoms with Crippen LogP contribution in [-0.2, 0) is 0 Å². The zero-order valence-electron chi connectivity index (χ0n) is 10.6. The van der Waals surface area contributed by atoms with E-state index >= 15 is 0 Å². The van der Waals surface area contributed by atoms with Gasteiger partial charge in [-0.25, -0.2) is 0 Å².